The van der Waals surface area contributed by atoms with Gasteiger partial charge in [0.2, 0.25) is 0 Å². The number of amides is 2. The molecule has 20 heavy (non-hydrogen) atoms. The summed E-state index contributed by atoms with van der Waals surface area (Å²) in [6, 6.07) is 0.0381. The van der Waals surface area contributed by atoms with Crippen LogP contribution in [0.5, 0.6) is 0 Å². The molecule has 1 unspecified atom stereocenters. The van der Waals surface area contributed by atoms with Gasteiger partial charge < -0.3 is 14.9 Å². The van der Waals surface area contributed by atoms with Gasteiger partial charge in [-0.15, -0.1) is 0 Å². The summed E-state index contributed by atoms with van der Waals surface area (Å²) in [6.45, 7) is 6.79. The number of piperidine rings is 1. The van der Waals surface area contributed by atoms with Crippen LogP contribution in [0.1, 0.15) is 46.0 Å². The first kappa shape index (κ1) is 15.1. The number of carbonyl (C=O) groups excluding carboxylic acids is 1. The van der Waals surface area contributed by atoms with Gasteiger partial charge in [-0.05, 0) is 31.6 Å². The predicted octanol–water partition coefficient (Wildman–Crippen LogP) is 2.42. The molecule has 5 nitrogen and oxygen atoms in total. The smallest absolute Gasteiger partial charge is 0.320 e. The number of aliphatic carboxylic acids is 1. The van der Waals surface area contributed by atoms with Crippen molar-refractivity contribution >= 4 is 12.0 Å². The lowest BCUT2D eigenvalue weighted by Crippen LogP contribution is -2.47. The molecule has 0 spiro atoms. The van der Waals surface area contributed by atoms with Crippen LogP contribution in [0.4, 0.5) is 4.79 Å². The number of carboxylic acid groups (broad SMARTS) is 1. The highest BCUT2D eigenvalue weighted by molar-refractivity contribution is 5.79. The van der Waals surface area contributed by atoms with Gasteiger partial charge in [-0.1, -0.05) is 20.3 Å². The highest BCUT2D eigenvalue weighted by Gasteiger charge is 2.46. The molecule has 0 radical (unpaired) electrons. The molecule has 5 heteroatoms. The molecule has 114 valence electrons. The number of likely N-dealkylation sites (tertiary alicyclic amines) is 2. The van der Waals surface area contributed by atoms with Crippen molar-refractivity contribution in [1.29, 1.82) is 0 Å². The predicted molar refractivity (Wildman–Crippen MR) is 76.5 cm³/mol. The van der Waals surface area contributed by atoms with Gasteiger partial charge in [0, 0.05) is 26.2 Å². The van der Waals surface area contributed by atoms with Crippen molar-refractivity contribution in [1.82, 2.24) is 9.80 Å². The maximum atomic E-state index is 12.5. The Bertz CT molecular complexity index is 377. The zero-order chi connectivity index (χ0) is 14.8. The first-order chi connectivity index (χ1) is 9.48. The Morgan fingerprint density at radius 3 is 2.40 bits per heavy atom. The quantitative estimate of drug-likeness (QED) is 0.864. The molecular formula is C15H26N2O3. The minimum atomic E-state index is -0.748. The first-order valence-electron chi connectivity index (χ1n) is 7.76. The molecule has 2 amide bonds. The summed E-state index contributed by atoms with van der Waals surface area (Å²) in [5.74, 6) is -0.0576. The lowest BCUT2D eigenvalue weighted by Gasteiger charge is -2.34. The maximum absolute atomic E-state index is 12.5. The minimum absolute atomic E-state index is 0.0381. The van der Waals surface area contributed by atoms with Gasteiger partial charge in [-0.25, -0.2) is 4.79 Å². The molecule has 0 aromatic rings. The fraction of sp³-hybridized carbons (Fsp3) is 0.867. The van der Waals surface area contributed by atoms with Crippen LogP contribution in [0.25, 0.3) is 0 Å². The van der Waals surface area contributed by atoms with E-state index in [2.05, 4.69) is 6.92 Å². The average Bonchev–Trinajstić information content (AvgIpc) is 2.85. The third-order valence-corrected chi connectivity index (χ3v) is 4.86. The number of carboxylic acids is 1. The fourth-order valence-corrected chi connectivity index (χ4v) is 3.40. The number of carbonyl (C=O) groups is 2. The van der Waals surface area contributed by atoms with Gasteiger partial charge in [0.1, 0.15) is 0 Å². The minimum Gasteiger partial charge on any atom is -0.481 e. The lowest BCUT2D eigenvalue weighted by molar-refractivity contribution is -0.148. The van der Waals surface area contributed by atoms with Crippen LogP contribution < -0.4 is 0 Å². The molecule has 1 N–H and O–H groups in total. The normalized spacial score (nSPS) is 27.9. The van der Waals surface area contributed by atoms with Crippen LogP contribution >= 0.6 is 0 Å². The summed E-state index contributed by atoms with van der Waals surface area (Å²) in [5, 5.41) is 9.49. The molecule has 2 heterocycles. The van der Waals surface area contributed by atoms with Gasteiger partial charge in [0.15, 0.2) is 0 Å². The van der Waals surface area contributed by atoms with Gasteiger partial charge in [0.25, 0.3) is 0 Å². The van der Waals surface area contributed by atoms with Crippen molar-refractivity contribution < 1.29 is 14.7 Å². The van der Waals surface area contributed by atoms with Crippen molar-refractivity contribution in [2.45, 2.75) is 46.0 Å². The van der Waals surface area contributed by atoms with E-state index in [1.54, 1.807) is 4.90 Å². The molecule has 2 saturated heterocycles. The second kappa shape index (κ2) is 6.02. The van der Waals surface area contributed by atoms with Gasteiger partial charge in [0.05, 0.1) is 5.41 Å². The summed E-state index contributed by atoms with van der Waals surface area (Å²) in [7, 11) is 0. The molecule has 0 aliphatic carbocycles. The van der Waals surface area contributed by atoms with Crippen molar-refractivity contribution in [2.24, 2.45) is 11.3 Å². The summed E-state index contributed by atoms with van der Waals surface area (Å²) < 4.78 is 0. The Hall–Kier alpha value is -1.26. The molecule has 2 fully saturated rings. The molecule has 2 aliphatic rings. The molecule has 2 rings (SSSR count). The van der Waals surface area contributed by atoms with E-state index in [4.69, 9.17) is 0 Å². The second-order valence-corrected chi connectivity index (χ2v) is 6.46. The fourth-order valence-electron chi connectivity index (χ4n) is 3.40. The Balaban J connectivity index is 1.97. The maximum Gasteiger partial charge on any atom is 0.320 e. The summed E-state index contributed by atoms with van der Waals surface area (Å²) in [5.41, 5.74) is -0.715. The summed E-state index contributed by atoms with van der Waals surface area (Å²) in [4.78, 5) is 27.7. The second-order valence-electron chi connectivity index (χ2n) is 6.46. The largest absolute Gasteiger partial charge is 0.481 e. The van der Waals surface area contributed by atoms with Crippen LogP contribution in [0, 0.1) is 11.3 Å². The van der Waals surface area contributed by atoms with Crippen LogP contribution in [0.15, 0.2) is 0 Å². The van der Waals surface area contributed by atoms with Crippen molar-refractivity contribution in [3.8, 4) is 0 Å². The van der Waals surface area contributed by atoms with Crippen molar-refractivity contribution in [3.05, 3.63) is 0 Å². The van der Waals surface area contributed by atoms with Crippen LogP contribution in [0.2, 0.25) is 0 Å². The van der Waals surface area contributed by atoms with Crippen molar-refractivity contribution in [2.75, 3.05) is 26.2 Å². The third kappa shape index (κ3) is 2.91. The number of hydrogen-bond acceptors (Lipinski definition) is 2. The standard InChI is InChI=1S/C15H26N2O3/c1-3-6-15(13(18)19)7-10-17(11-15)14(20)16-8-4-12(2)5-9-16/h12H,3-11H2,1-2H3,(H,18,19). The Labute approximate surface area is 120 Å². The van der Waals surface area contributed by atoms with Crippen molar-refractivity contribution in [3.63, 3.8) is 0 Å². The number of hydrogen-bond donors (Lipinski definition) is 1. The highest BCUT2D eigenvalue weighted by atomic mass is 16.4. The van der Waals surface area contributed by atoms with E-state index in [0.717, 1.165) is 32.4 Å². The van der Waals surface area contributed by atoms with E-state index in [1.165, 1.54) is 0 Å². The number of rotatable bonds is 3. The molecule has 0 aromatic heterocycles. The Morgan fingerprint density at radius 2 is 1.85 bits per heavy atom. The topological polar surface area (TPSA) is 60.9 Å². The van der Waals surface area contributed by atoms with E-state index in [-0.39, 0.29) is 6.03 Å². The van der Waals surface area contributed by atoms with Crippen LogP contribution in [0.3, 0.4) is 0 Å². The monoisotopic (exact) mass is 282 g/mol. The molecular weight excluding hydrogens is 256 g/mol. The zero-order valence-electron chi connectivity index (χ0n) is 12.6. The van der Waals surface area contributed by atoms with Gasteiger partial charge in [-0.2, -0.15) is 0 Å². The molecule has 2 aliphatic heterocycles. The summed E-state index contributed by atoms with van der Waals surface area (Å²) in [6.07, 6.45) is 4.20. The Morgan fingerprint density at radius 1 is 1.20 bits per heavy atom. The summed E-state index contributed by atoms with van der Waals surface area (Å²) >= 11 is 0. The van der Waals surface area contributed by atoms with E-state index >= 15 is 0 Å². The number of urea groups is 1. The Kier molecular flexibility index (Phi) is 4.55. The zero-order valence-corrected chi connectivity index (χ0v) is 12.6. The molecule has 0 bridgehead atoms. The lowest BCUT2D eigenvalue weighted by atomic mass is 9.83. The van der Waals surface area contributed by atoms with Crippen LogP contribution in [-0.2, 0) is 4.79 Å². The SMILES string of the molecule is CCCC1(C(=O)O)CCN(C(=O)N2CCC(C)CC2)C1. The first-order valence-corrected chi connectivity index (χ1v) is 7.76. The van der Waals surface area contributed by atoms with E-state index in [9.17, 15) is 14.7 Å². The van der Waals surface area contributed by atoms with Gasteiger partial charge >= 0.3 is 12.0 Å². The third-order valence-electron chi connectivity index (χ3n) is 4.86. The highest BCUT2D eigenvalue weighted by Crippen LogP contribution is 2.36. The average molecular weight is 282 g/mol. The molecule has 0 aromatic carbocycles. The van der Waals surface area contributed by atoms with E-state index in [1.807, 2.05) is 11.8 Å². The number of nitrogens with zero attached hydrogens (tertiary/aromatic N) is 2. The molecule has 0 saturated carbocycles. The van der Waals surface area contributed by atoms with E-state index in [0.29, 0.717) is 31.8 Å². The van der Waals surface area contributed by atoms with Crippen LogP contribution in [-0.4, -0.2) is 53.1 Å². The van der Waals surface area contributed by atoms with Gasteiger partial charge in [-0.3, -0.25) is 4.79 Å². The molecule has 1 atom stereocenters. The van der Waals surface area contributed by atoms with E-state index < -0.39 is 11.4 Å².